The van der Waals surface area contributed by atoms with Gasteiger partial charge in [0.2, 0.25) is 11.8 Å². The van der Waals surface area contributed by atoms with Gasteiger partial charge in [-0.2, -0.15) is 0 Å². The number of amides is 2. The topological polar surface area (TPSA) is 102 Å². The third kappa shape index (κ3) is 9.05. The van der Waals surface area contributed by atoms with E-state index >= 15 is 0 Å². The summed E-state index contributed by atoms with van der Waals surface area (Å²) in [6, 6.07) is 11.6. The molecule has 3 rings (SSSR count). The summed E-state index contributed by atoms with van der Waals surface area (Å²) in [4.78, 5) is 47.3. The van der Waals surface area contributed by atoms with Crippen LogP contribution in [-0.2, 0) is 19.1 Å². The average molecular weight is 537 g/mol. The fourth-order valence-corrected chi connectivity index (χ4v) is 4.49. The van der Waals surface area contributed by atoms with Crippen LogP contribution in [0.25, 0.3) is 11.1 Å². The minimum atomic E-state index is -0.252. The number of hydrogen-bond donors (Lipinski definition) is 2. The number of anilines is 1. The molecule has 0 radical (unpaired) electrons. The van der Waals surface area contributed by atoms with E-state index in [1.165, 1.54) is 0 Å². The number of carbonyl (C=O) groups excluding carboxylic acids is 4. The Kier molecular flexibility index (Phi) is 13.4. The number of benzene rings is 2. The molecule has 0 saturated carbocycles. The van der Waals surface area contributed by atoms with Crippen LogP contribution in [0.5, 0.6) is 0 Å². The summed E-state index contributed by atoms with van der Waals surface area (Å²) in [5.74, 6) is -0.162. The monoisotopic (exact) mass is 536 g/mol. The SMILES string of the molecule is CCCCC(=O)c1cccc2c1-c1ccc(NC(=O)CCC)cc1C2COC(=O)CC.CCCNC(=O)CC. The Morgan fingerprint density at radius 3 is 2.23 bits per heavy atom. The van der Waals surface area contributed by atoms with E-state index in [9.17, 15) is 19.2 Å². The standard InChI is InChI=1S/C26H31NO4.C6H13NO/c1-4-7-12-23(28)20-11-8-10-18-22(16-31-25(30)6-3)21-15-17(27-24(29)9-5-2)13-14-19(21)26(18)20;1-3-5-7-6(8)4-2/h8,10-11,13-15,22H,4-7,9,12,16H2,1-3H3,(H,27,29);3-5H2,1-2H3,(H,7,8). The molecule has 39 heavy (non-hydrogen) atoms. The van der Waals surface area contributed by atoms with Crippen LogP contribution < -0.4 is 10.6 Å². The van der Waals surface area contributed by atoms with Crippen LogP contribution in [0.1, 0.15) is 113 Å². The number of hydrogen-bond acceptors (Lipinski definition) is 5. The molecule has 212 valence electrons. The number of fused-ring (bicyclic) bond motifs is 3. The summed E-state index contributed by atoms with van der Waals surface area (Å²) in [5.41, 5.74) is 5.32. The third-order valence-electron chi connectivity index (χ3n) is 6.58. The lowest BCUT2D eigenvalue weighted by Crippen LogP contribution is -2.22. The fraction of sp³-hybridized carbons (Fsp3) is 0.500. The molecule has 1 unspecified atom stereocenters. The lowest BCUT2D eigenvalue weighted by atomic mass is 9.93. The Morgan fingerprint density at radius 1 is 0.821 bits per heavy atom. The predicted octanol–water partition coefficient (Wildman–Crippen LogP) is 6.79. The van der Waals surface area contributed by atoms with Crippen LogP contribution in [-0.4, -0.2) is 36.7 Å². The van der Waals surface area contributed by atoms with Gasteiger partial charge in [-0.1, -0.05) is 65.3 Å². The van der Waals surface area contributed by atoms with Crippen molar-refractivity contribution in [2.45, 2.75) is 91.9 Å². The first-order chi connectivity index (χ1) is 18.8. The van der Waals surface area contributed by atoms with Crippen molar-refractivity contribution in [1.82, 2.24) is 5.32 Å². The maximum Gasteiger partial charge on any atom is 0.305 e. The molecule has 0 saturated heterocycles. The maximum absolute atomic E-state index is 12.9. The smallest absolute Gasteiger partial charge is 0.305 e. The average Bonchev–Trinajstić information content (AvgIpc) is 3.26. The van der Waals surface area contributed by atoms with Gasteiger partial charge in [-0.05, 0) is 53.6 Å². The van der Waals surface area contributed by atoms with E-state index in [0.717, 1.165) is 65.7 Å². The second-order valence-corrected chi connectivity index (χ2v) is 9.69. The molecular formula is C32H44N2O5. The summed E-state index contributed by atoms with van der Waals surface area (Å²) >= 11 is 0. The van der Waals surface area contributed by atoms with E-state index < -0.39 is 0 Å². The number of carbonyl (C=O) groups is 4. The van der Waals surface area contributed by atoms with Crippen molar-refractivity contribution in [2.24, 2.45) is 0 Å². The number of nitrogens with one attached hydrogen (secondary N) is 2. The van der Waals surface area contributed by atoms with Gasteiger partial charge in [-0.3, -0.25) is 19.2 Å². The highest BCUT2D eigenvalue weighted by molar-refractivity contribution is 6.05. The van der Waals surface area contributed by atoms with Gasteiger partial charge in [0.25, 0.3) is 0 Å². The molecule has 0 spiro atoms. The molecule has 7 nitrogen and oxygen atoms in total. The van der Waals surface area contributed by atoms with E-state index in [2.05, 4.69) is 17.6 Å². The summed E-state index contributed by atoms with van der Waals surface area (Å²) in [6.07, 6.45) is 5.51. The van der Waals surface area contributed by atoms with Crippen molar-refractivity contribution >= 4 is 29.3 Å². The van der Waals surface area contributed by atoms with E-state index in [0.29, 0.717) is 25.7 Å². The molecule has 0 aromatic heterocycles. The molecule has 2 aromatic rings. The zero-order valence-electron chi connectivity index (χ0n) is 24.2. The highest BCUT2D eigenvalue weighted by atomic mass is 16.5. The molecule has 0 fully saturated rings. The van der Waals surface area contributed by atoms with Crippen LogP contribution >= 0.6 is 0 Å². The van der Waals surface area contributed by atoms with Crippen LogP contribution in [0, 0.1) is 0 Å². The van der Waals surface area contributed by atoms with E-state index in [4.69, 9.17) is 4.74 Å². The Labute approximate surface area is 233 Å². The lowest BCUT2D eigenvalue weighted by molar-refractivity contribution is -0.143. The molecular weight excluding hydrogens is 492 g/mol. The van der Waals surface area contributed by atoms with Crippen LogP contribution in [0.15, 0.2) is 36.4 Å². The van der Waals surface area contributed by atoms with Gasteiger partial charge >= 0.3 is 5.97 Å². The summed E-state index contributed by atoms with van der Waals surface area (Å²) in [6.45, 7) is 10.7. The molecule has 0 aliphatic heterocycles. The van der Waals surface area contributed by atoms with Gasteiger partial charge in [0.05, 0.1) is 0 Å². The minimum absolute atomic E-state index is 0.0256. The molecule has 1 atom stereocenters. The largest absolute Gasteiger partial charge is 0.465 e. The number of ketones is 1. The van der Waals surface area contributed by atoms with E-state index in [1.807, 2.05) is 57.2 Å². The van der Waals surface area contributed by atoms with E-state index in [-0.39, 0.29) is 36.1 Å². The first-order valence-electron chi connectivity index (χ1n) is 14.3. The second-order valence-electron chi connectivity index (χ2n) is 9.69. The van der Waals surface area contributed by atoms with Crippen LogP contribution in [0.2, 0.25) is 0 Å². The molecule has 7 heteroatoms. The van der Waals surface area contributed by atoms with Crippen molar-refractivity contribution in [2.75, 3.05) is 18.5 Å². The molecule has 0 heterocycles. The molecule has 0 bridgehead atoms. The zero-order valence-corrected chi connectivity index (χ0v) is 24.2. The van der Waals surface area contributed by atoms with Crippen molar-refractivity contribution in [3.63, 3.8) is 0 Å². The fourth-order valence-electron chi connectivity index (χ4n) is 4.49. The number of Topliss-reactive ketones (excluding diaryl/α,β-unsaturated/α-hetero) is 1. The van der Waals surface area contributed by atoms with Crippen LogP contribution in [0.4, 0.5) is 5.69 Å². The van der Waals surface area contributed by atoms with Crippen molar-refractivity contribution in [1.29, 1.82) is 0 Å². The highest BCUT2D eigenvalue weighted by Gasteiger charge is 2.33. The zero-order chi connectivity index (χ0) is 28.8. The molecule has 2 aromatic carbocycles. The summed E-state index contributed by atoms with van der Waals surface area (Å²) in [7, 11) is 0. The lowest BCUT2D eigenvalue weighted by Gasteiger charge is -2.15. The van der Waals surface area contributed by atoms with Crippen LogP contribution in [0.3, 0.4) is 0 Å². The highest BCUT2D eigenvalue weighted by Crippen LogP contribution is 2.47. The van der Waals surface area contributed by atoms with Gasteiger partial charge < -0.3 is 15.4 Å². The first kappa shape index (κ1) is 31.7. The Balaban J connectivity index is 0.000000580. The third-order valence-corrected chi connectivity index (χ3v) is 6.58. The maximum atomic E-state index is 12.9. The normalized spacial score (nSPS) is 12.9. The predicted molar refractivity (Wildman–Crippen MR) is 156 cm³/mol. The Morgan fingerprint density at radius 2 is 1.59 bits per heavy atom. The Bertz CT molecular complexity index is 1140. The van der Waals surface area contributed by atoms with Gasteiger partial charge in [0.1, 0.15) is 6.61 Å². The molecule has 1 aliphatic rings. The first-order valence-corrected chi connectivity index (χ1v) is 14.3. The summed E-state index contributed by atoms with van der Waals surface area (Å²) < 4.78 is 5.50. The number of ether oxygens (including phenoxy) is 1. The Hall–Kier alpha value is -3.48. The molecule has 2 N–H and O–H groups in total. The quantitative estimate of drug-likeness (QED) is 0.217. The van der Waals surface area contributed by atoms with Crippen molar-refractivity contribution in [3.05, 3.63) is 53.1 Å². The second kappa shape index (κ2) is 16.5. The summed E-state index contributed by atoms with van der Waals surface area (Å²) in [5, 5.41) is 5.69. The van der Waals surface area contributed by atoms with Gasteiger partial charge in [0.15, 0.2) is 5.78 Å². The van der Waals surface area contributed by atoms with E-state index in [1.54, 1.807) is 6.92 Å². The van der Waals surface area contributed by atoms with Crippen molar-refractivity contribution < 1.29 is 23.9 Å². The van der Waals surface area contributed by atoms with Gasteiger partial charge in [-0.15, -0.1) is 0 Å². The van der Waals surface area contributed by atoms with Gasteiger partial charge in [-0.25, -0.2) is 0 Å². The number of esters is 1. The number of unbranched alkanes of at least 4 members (excludes halogenated alkanes) is 1. The van der Waals surface area contributed by atoms with Gasteiger partial charge in [0, 0.05) is 49.4 Å². The number of rotatable bonds is 13. The molecule has 2 amide bonds. The minimum Gasteiger partial charge on any atom is -0.465 e. The molecule has 1 aliphatic carbocycles. The van der Waals surface area contributed by atoms with Crippen molar-refractivity contribution in [3.8, 4) is 11.1 Å².